The minimum absolute atomic E-state index is 0.0469. The predicted molar refractivity (Wildman–Crippen MR) is 129 cm³/mol. The highest BCUT2D eigenvalue weighted by Crippen LogP contribution is 2.32. The number of amides is 1. The molecule has 0 saturated heterocycles. The van der Waals surface area contributed by atoms with E-state index in [1.54, 1.807) is 29.9 Å². The van der Waals surface area contributed by atoms with Crippen LogP contribution in [-0.4, -0.2) is 70.7 Å². The number of carbonyl (C=O) groups excluding carboxylic acids is 1. The second-order valence-corrected chi connectivity index (χ2v) is 9.34. The van der Waals surface area contributed by atoms with E-state index in [4.69, 9.17) is 9.47 Å². The summed E-state index contributed by atoms with van der Waals surface area (Å²) in [6, 6.07) is 7.78. The molecular weight excluding hydrogens is 456 g/mol. The third-order valence-electron chi connectivity index (χ3n) is 6.08. The van der Waals surface area contributed by atoms with E-state index in [0.29, 0.717) is 24.5 Å². The van der Waals surface area contributed by atoms with Crippen LogP contribution in [0.25, 0.3) is 10.6 Å². The lowest BCUT2D eigenvalue weighted by Crippen LogP contribution is -2.49. The molecule has 1 N–H and O–H groups in total. The second-order valence-electron chi connectivity index (χ2n) is 8.28. The topological polar surface area (TPSA) is 107 Å². The van der Waals surface area contributed by atoms with Crippen molar-refractivity contribution in [3.8, 4) is 16.3 Å². The molecule has 0 bridgehead atoms. The number of fused-ring (bicyclic) bond motifs is 1. The van der Waals surface area contributed by atoms with Crippen molar-refractivity contribution in [3.05, 3.63) is 62.5 Å². The summed E-state index contributed by atoms with van der Waals surface area (Å²) in [7, 11) is 3.14. The minimum Gasteiger partial charge on any atom is -0.503 e. The molecule has 0 aliphatic carbocycles. The van der Waals surface area contributed by atoms with Crippen molar-refractivity contribution in [2.45, 2.75) is 32.4 Å². The van der Waals surface area contributed by atoms with Gasteiger partial charge in [-0.15, -0.1) is 10.2 Å². The zero-order valence-electron chi connectivity index (χ0n) is 19.6. The monoisotopic (exact) mass is 484 g/mol. The lowest BCUT2D eigenvalue weighted by atomic mass is 10.0. The molecule has 1 aliphatic rings. The van der Waals surface area contributed by atoms with Gasteiger partial charge in [-0.25, -0.2) is 0 Å². The molecule has 180 valence electrons. The number of rotatable bonds is 8. The van der Waals surface area contributed by atoms with Gasteiger partial charge in [-0.3, -0.25) is 9.59 Å². The molecule has 3 heterocycles. The van der Waals surface area contributed by atoms with Gasteiger partial charge in [0, 0.05) is 39.9 Å². The maximum absolute atomic E-state index is 13.1. The summed E-state index contributed by atoms with van der Waals surface area (Å²) in [5, 5.41) is 20.5. The first-order valence-corrected chi connectivity index (χ1v) is 11.9. The Morgan fingerprint density at radius 1 is 1.21 bits per heavy atom. The number of aryl methyl sites for hydroxylation is 1. The van der Waals surface area contributed by atoms with Crippen molar-refractivity contribution >= 4 is 17.2 Å². The molecule has 2 aromatic heterocycles. The number of methoxy groups -OCH3 is 2. The zero-order valence-corrected chi connectivity index (χ0v) is 20.5. The van der Waals surface area contributed by atoms with Crippen LogP contribution in [0.1, 0.15) is 39.6 Å². The number of benzene rings is 1. The number of likely N-dealkylation sites (N-methyl/N-ethyl adjacent to an activating group) is 1. The van der Waals surface area contributed by atoms with E-state index < -0.39 is 23.2 Å². The maximum Gasteiger partial charge on any atom is 0.274 e. The van der Waals surface area contributed by atoms with Gasteiger partial charge in [-0.2, -0.15) is 0 Å². The Balaban J connectivity index is 1.77. The highest BCUT2D eigenvalue weighted by molar-refractivity contribution is 7.14. The first kappa shape index (κ1) is 24.1. The zero-order chi connectivity index (χ0) is 24.4. The van der Waals surface area contributed by atoms with E-state index in [1.165, 1.54) is 16.9 Å². The maximum atomic E-state index is 13.1. The average Bonchev–Trinajstić information content (AvgIpc) is 3.29. The van der Waals surface area contributed by atoms with Gasteiger partial charge in [-0.1, -0.05) is 41.2 Å². The molecule has 9 nitrogen and oxygen atoms in total. The molecule has 0 fully saturated rings. The minimum atomic E-state index is -0.643. The molecule has 4 rings (SSSR count). The fraction of sp³-hybridized carbons (Fsp3) is 0.417. The first-order valence-electron chi connectivity index (χ1n) is 11.0. The Morgan fingerprint density at radius 2 is 1.94 bits per heavy atom. The van der Waals surface area contributed by atoms with Crippen LogP contribution in [0.3, 0.4) is 0 Å². The predicted octanol–water partition coefficient (Wildman–Crippen LogP) is 2.65. The van der Waals surface area contributed by atoms with Gasteiger partial charge in [0.1, 0.15) is 11.1 Å². The van der Waals surface area contributed by atoms with Crippen LogP contribution < -0.4 is 5.43 Å². The number of carbonyl (C=O) groups is 1. The number of aromatic hydroxyl groups is 1. The summed E-state index contributed by atoms with van der Waals surface area (Å²) < 4.78 is 12.6. The van der Waals surface area contributed by atoms with Crippen LogP contribution in [0.4, 0.5) is 0 Å². The van der Waals surface area contributed by atoms with Crippen molar-refractivity contribution in [2.24, 2.45) is 0 Å². The van der Waals surface area contributed by atoms with Crippen LogP contribution in [0.5, 0.6) is 5.75 Å². The lowest BCUT2D eigenvalue weighted by molar-refractivity contribution is -0.0173. The third-order valence-corrected chi connectivity index (χ3v) is 7.04. The molecular formula is C24H28N4O5S. The lowest BCUT2D eigenvalue weighted by Gasteiger charge is -2.39. The number of nitrogens with zero attached hydrogens (tertiary/aromatic N) is 4. The average molecular weight is 485 g/mol. The molecule has 1 amide bonds. The van der Waals surface area contributed by atoms with Gasteiger partial charge in [0.2, 0.25) is 5.43 Å². The van der Waals surface area contributed by atoms with Crippen LogP contribution in [0, 0.1) is 6.92 Å². The summed E-state index contributed by atoms with van der Waals surface area (Å²) in [4.78, 5) is 27.7. The summed E-state index contributed by atoms with van der Waals surface area (Å²) in [5.74, 6) is -0.988. The van der Waals surface area contributed by atoms with Gasteiger partial charge >= 0.3 is 0 Å². The number of hydrogen-bond donors (Lipinski definition) is 1. The second kappa shape index (κ2) is 10.0. The number of hydrogen-bond acceptors (Lipinski definition) is 8. The highest BCUT2D eigenvalue weighted by atomic mass is 32.1. The molecule has 10 heteroatoms. The van der Waals surface area contributed by atoms with Gasteiger partial charge in [0.15, 0.2) is 16.5 Å². The highest BCUT2D eigenvalue weighted by Gasteiger charge is 2.38. The van der Waals surface area contributed by atoms with E-state index in [1.807, 2.05) is 38.1 Å². The standard InChI is InChI=1S/C24H28N4O5S/c1-5-27-12-17(18(33-4)13-32-3)28-11-16(21(29)22(30)20(28)24(27)31)23-26-25-19(34-23)10-15-8-6-14(2)7-9-15/h6-9,11,17-18,30H,5,10,12-13H2,1-4H3/t17?,18-/m0/s1. The molecule has 0 spiro atoms. The van der Waals surface area contributed by atoms with E-state index >= 15 is 0 Å². The van der Waals surface area contributed by atoms with Gasteiger partial charge in [-0.05, 0) is 19.4 Å². The first-order chi connectivity index (χ1) is 16.4. The number of pyridine rings is 1. The molecule has 2 atom stereocenters. The Labute approximate surface area is 201 Å². The van der Waals surface area contributed by atoms with Crippen LogP contribution >= 0.6 is 11.3 Å². The van der Waals surface area contributed by atoms with Crippen molar-refractivity contribution in [1.82, 2.24) is 19.7 Å². The van der Waals surface area contributed by atoms with E-state index in [2.05, 4.69) is 10.2 Å². The van der Waals surface area contributed by atoms with E-state index in [-0.39, 0.29) is 23.9 Å². The van der Waals surface area contributed by atoms with Crippen molar-refractivity contribution in [3.63, 3.8) is 0 Å². The number of ether oxygens (including phenoxy) is 2. The van der Waals surface area contributed by atoms with E-state index in [0.717, 1.165) is 10.6 Å². The molecule has 1 aliphatic heterocycles. The smallest absolute Gasteiger partial charge is 0.274 e. The summed E-state index contributed by atoms with van der Waals surface area (Å²) in [5.41, 5.74) is 1.77. The molecule has 1 unspecified atom stereocenters. The van der Waals surface area contributed by atoms with Crippen LogP contribution in [0.2, 0.25) is 0 Å². The third kappa shape index (κ3) is 4.48. The Bertz CT molecular complexity index is 1240. The SMILES string of the molecule is CCN1CC([C@H](COC)OC)n2cc(-c3nnc(Cc4ccc(C)cc4)s3)c(=O)c(O)c2C1=O. The van der Waals surface area contributed by atoms with Crippen molar-refractivity contribution in [1.29, 1.82) is 0 Å². The molecule has 34 heavy (non-hydrogen) atoms. The Morgan fingerprint density at radius 3 is 2.59 bits per heavy atom. The summed E-state index contributed by atoms with van der Waals surface area (Å²) in [6.07, 6.45) is 1.78. The van der Waals surface area contributed by atoms with Gasteiger partial charge < -0.3 is 24.0 Å². The Kier molecular flexibility index (Phi) is 7.11. The van der Waals surface area contributed by atoms with Crippen LogP contribution in [0.15, 0.2) is 35.3 Å². The quantitative estimate of drug-likeness (QED) is 0.524. The van der Waals surface area contributed by atoms with Crippen LogP contribution in [-0.2, 0) is 15.9 Å². The molecule has 0 saturated carbocycles. The van der Waals surface area contributed by atoms with Gasteiger partial charge in [0.05, 0.1) is 18.2 Å². The molecule has 0 radical (unpaired) electrons. The fourth-order valence-corrected chi connectivity index (χ4v) is 5.06. The van der Waals surface area contributed by atoms with Gasteiger partial charge in [0.25, 0.3) is 5.91 Å². The largest absolute Gasteiger partial charge is 0.503 e. The van der Waals surface area contributed by atoms with E-state index in [9.17, 15) is 14.7 Å². The van der Waals surface area contributed by atoms with Crippen molar-refractivity contribution in [2.75, 3.05) is 33.9 Å². The Hall–Kier alpha value is -3.08. The molecule has 3 aromatic rings. The van der Waals surface area contributed by atoms with Crippen molar-refractivity contribution < 1.29 is 19.4 Å². The summed E-state index contributed by atoms with van der Waals surface area (Å²) >= 11 is 1.29. The summed E-state index contributed by atoms with van der Waals surface area (Å²) in [6.45, 7) is 4.96. The normalized spacial score (nSPS) is 16.5. The number of aromatic nitrogens is 3. The fourth-order valence-electron chi connectivity index (χ4n) is 4.18. The molecule has 1 aromatic carbocycles.